The number of hydrogen-bond donors (Lipinski definition) is 1. The first-order valence-electron chi connectivity index (χ1n) is 6.80. The van der Waals surface area contributed by atoms with Crippen LogP contribution in [-0.4, -0.2) is 29.8 Å². The van der Waals surface area contributed by atoms with Gasteiger partial charge in [0.25, 0.3) is 5.91 Å². The van der Waals surface area contributed by atoms with E-state index in [1.165, 1.54) is 36.6 Å². The number of aryl methyl sites for hydroxylation is 1. The van der Waals surface area contributed by atoms with Crippen LogP contribution in [0.3, 0.4) is 0 Å². The second-order valence-corrected chi connectivity index (χ2v) is 5.51. The van der Waals surface area contributed by atoms with E-state index in [2.05, 4.69) is 20.3 Å². The zero-order valence-corrected chi connectivity index (χ0v) is 13.3. The van der Waals surface area contributed by atoms with Gasteiger partial charge in [0, 0.05) is 12.0 Å². The Morgan fingerprint density at radius 1 is 1.35 bits per heavy atom. The number of ether oxygens (including phenoxy) is 2. The Hall–Kier alpha value is -2.29. The Morgan fingerprint density at radius 2 is 2.13 bits per heavy atom. The van der Waals surface area contributed by atoms with Crippen LogP contribution >= 0.6 is 11.3 Å². The molecule has 23 heavy (non-hydrogen) atoms. The van der Waals surface area contributed by atoms with E-state index < -0.39 is 12.5 Å². The maximum absolute atomic E-state index is 12.4. The monoisotopic (exact) mass is 343 g/mol. The van der Waals surface area contributed by atoms with Crippen molar-refractivity contribution in [1.29, 1.82) is 0 Å². The lowest BCUT2D eigenvalue weighted by atomic mass is 10.2. The second-order valence-electron chi connectivity index (χ2n) is 4.45. The van der Waals surface area contributed by atoms with Crippen molar-refractivity contribution in [3.05, 3.63) is 28.8 Å². The number of halogens is 2. The largest absolute Gasteiger partial charge is 0.493 e. The SMILES string of the molecule is CCCc1nnc(NC(=O)c2ccc(OC)c(OC(F)F)c2)s1. The number of hydrogen-bond acceptors (Lipinski definition) is 6. The minimum absolute atomic E-state index is 0.114. The molecule has 0 radical (unpaired) electrons. The molecule has 0 atom stereocenters. The minimum atomic E-state index is -3.01. The summed E-state index contributed by atoms with van der Waals surface area (Å²) in [6, 6.07) is 4.02. The van der Waals surface area contributed by atoms with Crippen LogP contribution in [0.2, 0.25) is 0 Å². The first-order valence-corrected chi connectivity index (χ1v) is 7.61. The number of aromatic nitrogens is 2. The van der Waals surface area contributed by atoms with Crippen molar-refractivity contribution in [1.82, 2.24) is 10.2 Å². The zero-order chi connectivity index (χ0) is 16.8. The molecule has 0 saturated carbocycles. The van der Waals surface area contributed by atoms with Crippen molar-refractivity contribution in [2.75, 3.05) is 12.4 Å². The maximum Gasteiger partial charge on any atom is 0.387 e. The van der Waals surface area contributed by atoms with E-state index >= 15 is 0 Å². The highest BCUT2D eigenvalue weighted by Crippen LogP contribution is 2.30. The van der Waals surface area contributed by atoms with Crippen LogP contribution in [-0.2, 0) is 6.42 Å². The molecule has 6 nitrogen and oxygen atoms in total. The minimum Gasteiger partial charge on any atom is -0.493 e. The van der Waals surface area contributed by atoms with Gasteiger partial charge < -0.3 is 9.47 Å². The molecule has 1 aromatic carbocycles. The molecule has 1 heterocycles. The Labute approximate surface area is 135 Å². The van der Waals surface area contributed by atoms with E-state index in [0.29, 0.717) is 5.13 Å². The Morgan fingerprint density at radius 3 is 2.78 bits per heavy atom. The molecule has 2 rings (SSSR count). The molecule has 0 aliphatic rings. The number of alkyl halides is 2. The summed E-state index contributed by atoms with van der Waals surface area (Å²) in [6.07, 6.45) is 1.71. The molecule has 0 aliphatic carbocycles. The first kappa shape index (κ1) is 17.1. The number of benzene rings is 1. The summed E-state index contributed by atoms with van der Waals surface area (Å²) < 4.78 is 34.1. The normalized spacial score (nSPS) is 10.7. The number of rotatable bonds is 7. The Bertz CT molecular complexity index is 679. The number of nitrogens with one attached hydrogen (secondary N) is 1. The van der Waals surface area contributed by atoms with E-state index in [4.69, 9.17) is 4.74 Å². The molecule has 1 N–H and O–H groups in total. The molecule has 1 amide bonds. The standard InChI is InChI=1S/C14H15F2N3O3S/c1-3-4-11-18-19-14(23-11)17-12(20)8-5-6-9(21-2)10(7-8)22-13(15)16/h5-7,13H,3-4H2,1-2H3,(H,17,19,20). The highest BCUT2D eigenvalue weighted by molar-refractivity contribution is 7.15. The highest BCUT2D eigenvalue weighted by Gasteiger charge is 2.16. The maximum atomic E-state index is 12.4. The van der Waals surface area contributed by atoms with Crippen LogP contribution in [0.1, 0.15) is 28.7 Å². The summed E-state index contributed by atoms with van der Waals surface area (Å²) in [5.41, 5.74) is 0.147. The van der Waals surface area contributed by atoms with Crippen molar-refractivity contribution < 1.29 is 23.0 Å². The van der Waals surface area contributed by atoms with E-state index in [1.54, 1.807) is 0 Å². The zero-order valence-electron chi connectivity index (χ0n) is 12.5. The van der Waals surface area contributed by atoms with Gasteiger partial charge in [-0.25, -0.2) is 0 Å². The fourth-order valence-electron chi connectivity index (χ4n) is 1.79. The average molecular weight is 343 g/mol. The van der Waals surface area contributed by atoms with Gasteiger partial charge in [-0.2, -0.15) is 8.78 Å². The molecule has 124 valence electrons. The molecule has 2 aromatic rings. The van der Waals surface area contributed by atoms with Crippen molar-refractivity contribution >= 4 is 22.4 Å². The number of carbonyl (C=O) groups excluding carboxylic acids is 1. The van der Waals surface area contributed by atoms with Crippen LogP contribution in [0.25, 0.3) is 0 Å². The predicted molar refractivity (Wildman–Crippen MR) is 81.5 cm³/mol. The summed E-state index contributed by atoms with van der Waals surface area (Å²) in [7, 11) is 1.32. The van der Waals surface area contributed by atoms with Gasteiger partial charge in [-0.15, -0.1) is 10.2 Å². The van der Waals surface area contributed by atoms with Crippen LogP contribution in [0.15, 0.2) is 18.2 Å². The fourth-order valence-corrected chi connectivity index (χ4v) is 2.63. The van der Waals surface area contributed by atoms with Crippen LogP contribution in [0.5, 0.6) is 11.5 Å². The second kappa shape index (κ2) is 7.82. The fraction of sp³-hybridized carbons (Fsp3) is 0.357. The van der Waals surface area contributed by atoms with Crippen LogP contribution in [0.4, 0.5) is 13.9 Å². The number of carbonyl (C=O) groups is 1. The van der Waals surface area contributed by atoms with Crippen LogP contribution in [0, 0.1) is 0 Å². The van der Waals surface area contributed by atoms with E-state index in [9.17, 15) is 13.6 Å². The van der Waals surface area contributed by atoms with Gasteiger partial charge in [0.2, 0.25) is 5.13 Å². The van der Waals surface area contributed by atoms with Gasteiger partial charge in [-0.1, -0.05) is 18.3 Å². The van der Waals surface area contributed by atoms with Gasteiger partial charge >= 0.3 is 6.61 Å². The third-order valence-corrected chi connectivity index (χ3v) is 3.69. The van der Waals surface area contributed by atoms with E-state index in [-0.39, 0.29) is 17.1 Å². The van der Waals surface area contributed by atoms with Gasteiger partial charge in [0.15, 0.2) is 11.5 Å². The molecule has 0 aliphatic heterocycles. The number of anilines is 1. The lowest BCUT2D eigenvalue weighted by Crippen LogP contribution is -2.12. The summed E-state index contributed by atoms with van der Waals surface area (Å²) in [4.78, 5) is 12.2. The molecule has 0 unspecified atom stereocenters. The van der Waals surface area contributed by atoms with Gasteiger partial charge in [0.1, 0.15) is 5.01 Å². The molecular weight excluding hydrogens is 328 g/mol. The van der Waals surface area contributed by atoms with Crippen molar-refractivity contribution in [3.63, 3.8) is 0 Å². The lowest BCUT2D eigenvalue weighted by molar-refractivity contribution is -0.0512. The lowest BCUT2D eigenvalue weighted by Gasteiger charge is -2.11. The van der Waals surface area contributed by atoms with Gasteiger partial charge in [-0.3, -0.25) is 10.1 Å². The Balaban J connectivity index is 2.14. The highest BCUT2D eigenvalue weighted by atomic mass is 32.1. The van der Waals surface area contributed by atoms with E-state index in [1.807, 2.05) is 6.92 Å². The topological polar surface area (TPSA) is 73.3 Å². The van der Waals surface area contributed by atoms with Gasteiger partial charge in [-0.05, 0) is 24.6 Å². The molecule has 0 bridgehead atoms. The summed E-state index contributed by atoms with van der Waals surface area (Å²) >= 11 is 1.27. The first-order chi connectivity index (χ1) is 11.0. The third-order valence-electron chi connectivity index (χ3n) is 2.79. The number of amides is 1. The quantitative estimate of drug-likeness (QED) is 0.834. The predicted octanol–water partition coefficient (Wildman–Crippen LogP) is 3.35. The van der Waals surface area contributed by atoms with Gasteiger partial charge in [0.05, 0.1) is 7.11 Å². The molecule has 0 spiro atoms. The Kier molecular flexibility index (Phi) is 5.80. The summed E-state index contributed by atoms with van der Waals surface area (Å²) in [5.74, 6) is -0.590. The molecule has 1 aromatic heterocycles. The van der Waals surface area contributed by atoms with Crippen molar-refractivity contribution in [2.24, 2.45) is 0 Å². The molecule has 0 saturated heterocycles. The molecule has 9 heteroatoms. The van der Waals surface area contributed by atoms with Crippen molar-refractivity contribution in [3.8, 4) is 11.5 Å². The average Bonchev–Trinajstić information content (AvgIpc) is 2.94. The molecule has 0 fully saturated rings. The third kappa shape index (κ3) is 4.59. The summed E-state index contributed by atoms with van der Waals surface area (Å²) in [6.45, 7) is -0.997. The number of methoxy groups -OCH3 is 1. The van der Waals surface area contributed by atoms with Crippen molar-refractivity contribution in [2.45, 2.75) is 26.4 Å². The molecular formula is C14H15F2N3O3S. The smallest absolute Gasteiger partial charge is 0.387 e. The number of nitrogens with zero attached hydrogens (tertiary/aromatic N) is 2. The van der Waals surface area contributed by atoms with E-state index in [0.717, 1.165) is 17.8 Å². The summed E-state index contributed by atoms with van der Waals surface area (Å²) in [5, 5.41) is 11.6. The van der Waals surface area contributed by atoms with Crippen LogP contribution < -0.4 is 14.8 Å².